The van der Waals surface area contributed by atoms with Crippen molar-refractivity contribution >= 4 is 0 Å². The van der Waals surface area contributed by atoms with Crippen LogP contribution < -0.4 is 0 Å². The van der Waals surface area contributed by atoms with Crippen molar-refractivity contribution in [3.05, 3.63) is 0 Å². The van der Waals surface area contributed by atoms with E-state index in [0.717, 1.165) is 0 Å². The fourth-order valence-corrected chi connectivity index (χ4v) is 0. The molecule has 0 aromatic carbocycles. The molecule has 3 radical (unpaired) electrons. The van der Waals surface area contributed by atoms with Gasteiger partial charge in [0.2, 0.25) is 0 Å². The first-order valence-corrected chi connectivity index (χ1v) is 0. The summed E-state index contributed by atoms with van der Waals surface area (Å²) in [5, 5.41) is 0. The van der Waals surface area contributed by atoms with Gasteiger partial charge in [-0.2, -0.15) is 0 Å². The van der Waals surface area contributed by atoms with E-state index in [1.54, 1.807) is 0 Å². The summed E-state index contributed by atoms with van der Waals surface area (Å²) < 4.78 is 0. The first-order chi connectivity index (χ1) is 0. The van der Waals surface area contributed by atoms with Crippen LogP contribution >= 0.6 is 0 Å². The van der Waals surface area contributed by atoms with Gasteiger partial charge < -0.3 is 0 Å². The van der Waals surface area contributed by atoms with E-state index >= 15 is 0 Å². The molecular weight excluding hydrogens is 445 g/mol. The molecule has 0 saturated heterocycles. The van der Waals surface area contributed by atoms with E-state index in [9.17, 15) is 0 Å². The Labute approximate surface area is 93.8 Å². The van der Waals surface area contributed by atoms with Crippen molar-refractivity contribution in [3.63, 3.8) is 0 Å². The zero-order valence-electron chi connectivity index (χ0n) is 1.95. The molecule has 0 N–H and O–H groups in total. The Morgan fingerprint density at radius 2 is 1.00 bits per heavy atom. The van der Waals surface area contributed by atoms with Crippen LogP contribution in [0.2, 0.25) is 0 Å². The summed E-state index contributed by atoms with van der Waals surface area (Å²) in [5.41, 5.74) is 0. The van der Waals surface area contributed by atoms with Crippen LogP contribution in [0, 0.1) is 0 Å². The van der Waals surface area contributed by atoms with Gasteiger partial charge in [0.05, 0.1) is 0 Å². The standard InChI is InChI=1S/Co.Nb.Ni.V.W. The maximum atomic E-state index is 0. The van der Waals surface area contributed by atoms with Gasteiger partial charge in [-0.05, 0) is 0 Å². The van der Waals surface area contributed by atoms with Crippen LogP contribution in [-0.2, 0) is 95.3 Å². The van der Waals surface area contributed by atoms with Gasteiger partial charge in [0, 0.05) is 95.3 Å². The van der Waals surface area contributed by atoms with E-state index in [1.165, 1.54) is 0 Å². The minimum Gasteiger partial charge on any atom is 0 e. The summed E-state index contributed by atoms with van der Waals surface area (Å²) in [6, 6.07) is 0. The average Bonchev–Trinajstić information content (AvgIpc) is 0. The molecule has 5 heteroatoms. The van der Waals surface area contributed by atoms with Crippen LogP contribution in [0.4, 0.5) is 0 Å². The molecular formula is CoNbNiVW. The third kappa shape index (κ3) is 19.4. The minimum absolute atomic E-state index is 0. The smallest absolute Gasteiger partial charge is 0 e. The van der Waals surface area contributed by atoms with Gasteiger partial charge in [-0.1, -0.05) is 0 Å². The van der Waals surface area contributed by atoms with Gasteiger partial charge in [0.25, 0.3) is 0 Å². The fourth-order valence-electron chi connectivity index (χ4n) is 0. The largest absolute Gasteiger partial charge is 0 e. The quantitative estimate of drug-likeness (QED) is 0.461. The minimum atomic E-state index is 0. The average molecular weight is 445 g/mol. The Kier molecular flexibility index (Phi) is 243. The Morgan fingerprint density at radius 3 is 1.00 bits per heavy atom. The molecule has 0 aliphatic rings. The molecule has 0 aromatic rings. The fraction of sp³-hybridized carbons (Fsp3) is 0. The Hall–Kier alpha value is 3.01. The molecule has 0 aliphatic heterocycles. The molecule has 0 fully saturated rings. The summed E-state index contributed by atoms with van der Waals surface area (Å²) >= 11 is 0. The van der Waals surface area contributed by atoms with E-state index in [0.29, 0.717) is 0 Å². The van der Waals surface area contributed by atoms with Crippen LogP contribution in [0.25, 0.3) is 0 Å². The third-order valence-electron chi connectivity index (χ3n) is 0. The zero-order valence-corrected chi connectivity index (χ0v) is 10.5. The van der Waals surface area contributed by atoms with Gasteiger partial charge in [0.1, 0.15) is 0 Å². The Bertz CT molecular complexity index is 11.6. The van der Waals surface area contributed by atoms with Crippen molar-refractivity contribution in [2.45, 2.75) is 0 Å². The molecule has 0 aromatic heterocycles. The topological polar surface area (TPSA) is 0 Å². The SMILES string of the molecule is [Co].[Nb].[Ni].[V].[W]. The third-order valence-corrected chi connectivity index (χ3v) is 0. The maximum absolute atomic E-state index is 0. The summed E-state index contributed by atoms with van der Waals surface area (Å²) in [6.45, 7) is 0. The van der Waals surface area contributed by atoms with Gasteiger partial charge in [0.15, 0.2) is 0 Å². The van der Waals surface area contributed by atoms with E-state index in [2.05, 4.69) is 0 Å². The van der Waals surface area contributed by atoms with Crippen molar-refractivity contribution in [1.29, 1.82) is 0 Å². The van der Waals surface area contributed by atoms with E-state index < -0.39 is 0 Å². The summed E-state index contributed by atoms with van der Waals surface area (Å²) in [4.78, 5) is 0. The zero-order chi connectivity index (χ0) is 0. The van der Waals surface area contributed by atoms with Crippen molar-refractivity contribution in [2.24, 2.45) is 0 Å². The molecule has 0 bridgehead atoms. The molecule has 5 heavy (non-hydrogen) atoms. The number of rotatable bonds is 0. The predicted molar refractivity (Wildman–Crippen MR) is 0 cm³/mol. The Morgan fingerprint density at radius 1 is 1.00 bits per heavy atom. The molecule has 0 nitrogen and oxygen atoms in total. The van der Waals surface area contributed by atoms with Gasteiger partial charge in [-0.15, -0.1) is 0 Å². The van der Waals surface area contributed by atoms with E-state index in [4.69, 9.17) is 0 Å². The van der Waals surface area contributed by atoms with Crippen LogP contribution in [0.15, 0.2) is 0 Å². The first kappa shape index (κ1) is 43.4. The van der Waals surface area contributed by atoms with Gasteiger partial charge >= 0.3 is 0 Å². The molecule has 35 valence electrons. The van der Waals surface area contributed by atoms with Crippen molar-refractivity contribution in [1.82, 2.24) is 0 Å². The maximum Gasteiger partial charge on any atom is 0 e. The molecule has 0 rings (SSSR count). The van der Waals surface area contributed by atoms with E-state index in [1.807, 2.05) is 0 Å². The molecule has 0 amide bonds. The van der Waals surface area contributed by atoms with Gasteiger partial charge in [-0.25, -0.2) is 0 Å². The summed E-state index contributed by atoms with van der Waals surface area (Å²) in [5.74, 6) is 0. The molecule has 0 saturated carbocycles. The number of hydrogen-bond acceptors (Lipinski definition) is 0. The number of hydrogen-bond donors (Lipinski definition) is 0. The predicted octanol–water partition coefficient (Wildman–Crippen LogP) is -0.0125. The van der Waals surface area contributed by atoms with Crippen LogP contribution in [0.1, 0.15) is 0 Å². The van der Waals surface area contributed by atoms with Crippen molar-refractivity contribution < 1.29 is 95.3 Å². The van der Waals surface area contributed by atoms with Crippen LogP contribution in [-0.4, -0.2) is 0 Å². The Balaban J connectivity index is 0. The normalized spacial score (nSPS) is 0. The first-order valence-electron chi connectivity index (χ1n) is 0. The van der Waals surface area contributed by atoms with Crippen molar-refractivity contribution in [2.75, 3.05) is 0 Å². The molecule has 0 spiro atoms. The molecule has 0 aliphatic carbocycles. The molecule has 0 atom stereocenters. The van der Waals surface area contributed by atoms with Crippen molar-refractivity contribution in [3.8, 4) is 0 Å². The van der Waals surface area contributed by atoms with Crippen LogP contribution in [0.5, 0.6) is 0 Å². The monoisotopic (exact) mass is 445 g/mol. The molecule has 0 heterocycles. The van der Waals surface area contributed by atoms with Gasteiger partial charge in [-0.3, -0.25) is 0 Å². The second kappa shape index (κ2) is 27.9. The van der Waals surface area contributed by atoms with Crippen LogP contribution in [0.3, 0.4) is 0 Å². The summed E-state index contributed by atoms with van der Waals surface area (Å²) in [6.07, 6.45) is 0. The molecule has 0 unspecified atom stereocenters. The van der Waals surface area contributed by atoms with E-state index in [-0.39, 0.29) is 95.3 Å². The second-order valence-electron chi connectivity index (χ2n) is 0. The second-order valence-corrected chi connectivity index (χ2v) is 0. The summed E-state index contributed by atoms with van der Waals surface area (Å²) in [7, 11) is 0.